The standard InChI is InChI=1S/C21H21N3O3S/c1-14(2)24-12-17(16-5-4-8-22-11-16)10-19(21(24)25)15-6-7-20-18(9-15)13-28(26,27)23(20)3/h4-12,14H,13H2,1-3H3. The molecule has 0 spiro atoms. The molecule has 1 aliphatic rings. The van der Waals surface area contributed by atoms with Gasteiger partial charge in [-0.25, -0.2) is 8.42 Å². The Morgan fingerprint density at radius 1 is 1.07 bits per heavy atom. The third kappa shape index (κ3) is 3.01. The van der Waals surface area contributed by atoms with Gasteiger partial charge >= 0.3 is 0 Å². The second-order valence-corrected chi connectivity index (χ2v) is 9.26. The number of rotatable bonds is 3. The van der Waals surface area contributed by atoms with Crippen molar-refractivity contribution in [3.05, 3.63) is 70.9 Å². The van der Waals surface area contributed by atoms with Crippen molar-refractivity contribution < 1.29 is 8.42 Å². The van der Waals surface area contributed by atoms with Gasteiger partial charge in [0.25, 0.3) is 5.56 Å². The number of benzene rings is 1. The third-order valence-corrected chi connectivity index (χ3v) is 6.79. The van der Waals surface area contributed by atoms with Crippen LogP contribution in [0.1, 0.15) is 25.5 Å². The van der Waals surface area contributed by atoms with Crippen LogP contribution in [-0.2, 0) is 15.8 Å². The molecule has 0 amide bonds. The Morgan fingerprint density at radius 2 is 1.86 bits per heavy atom. The van der Waals surface area contributed by atoms with E-state index in [1.165, 1.54) is 4.31 Å². The van der Waals surface area contributed by atoms with Crippen molar-refractivity contribution in [2.45, 2.75) is 25.6 Å². The molecule has 3 aromatic rings. The Balaban J connectivity index is 1.91. The van der Waals surface area contributed by atoms with Crippen molar-refractivity contribution in [3.8, 4) is 22.3 Å². The zero-order chi connectivity index (χ0) is 20.1. The monoisotopic (exact) mass is 395 g/mol. The molecule has 0 saturated heterocycles. The smallest absolute Gasteiger partial charge is 0.258 e. The van der Waals surface area contributed by atoms with E-state index in [1.54, 1.807) is 30.1 Å². The van der Waals surface area contributed by atoms with Gasteiger partial charge in [-0.1, -0.05) is 12.1 Å². The van der Waals surface area contributed by atoms with Gasteiger partial charge < -0.3 is 4.57 Å². The molecule has 0 atom stereocenters. The van der Waals surface area contributed by atoms with Crippen LogP contribution in [-0.4, -0.2) is 25.0 Å². The molecule has 0 unspecified atom stereocenters. The Kier molecular flexibility index (Phi) is 4.34. The highest BCUT2D eigenvalue weighted by molar-refractivity contribution is 7.92. The number of anilines is 1. The van der Waals surface area contributed by atoms with Crippen LogP contribution in [0, 0.1) is 0 Å². The van der Waals surface area contributed by atoms with Gasteiger partial charge in [0.15, 0.2) is 0 Å². The summed E-state index contributed by atoms with van der Waals surface area (Å²) >= 11 is 0. The summed E-state index contributed by atoms with van der Waals surface area (Å²) in [5.74, 6) is -0.0483. The van der Waals surface area contributed by atoms with Gasteiger partial charge in [0.05, 0.1) is 11.4 Å². The number of fused-ring (bicyclic) bond motifs is 1. The molecule has 0 aliphatic carbocycles. The molecule has 6 nitrogen and oxygen atoms in total. The van der Waals surface area contributed by atoms with Crippen LogP contribution >= 0.6 is 0 Å². The Labute approximate surface area is 164 Å². The third-order valence-electron chi connectivity index (χ3n) is 5.08. The summed E-state index contributed by atoms with van der Waals surface area (Å²) in [5, 5.41) is 0. The van der Waals surface area contributed by atoms with Crippen LogP contribution < -0.4 is 9.86 Å². The second-order valence-electron chi connectivity index (χ2n) is 7.26. The highest BCUT2D eigenvalue weighted by Crippen LogP contribution is 2.35. The summed E-state index contributed by atoms with van der Waals surface area (Å²) in [4.78, 5) is 17.3. The summed E-state index contributed by atoms with van der Waals surface area (Å²) in [5.41, 5.74) is 4.35. The first kappa shape index (κ1) is 18.4. The minimum atomic E-state index is -3.32. The van der Waals surface area contributed by atoms with E-state index in [4.69, 9.17) is 0 Å². The lowest BCUT2D eigenvalue weighted by Crippen LogP contribution is -2.23. The number of aromatic nitrogens is 2. The van der Waals surface area contributed by atoms with E-state index < -0.39 is 10.0 Å². The number of nitrogens with zero attached hydrogens (tertiary/aromatic N) is 3. The van der Waals surface area contributed by atoms with E-state index in [0.717, 1.165) is 16.7 Å². The van der Waals surface area contributed by atoms with Crippen molar-refractivity contribution >= 4 is 15.7 Å². The summed E-state index contributed by atoms with van der Waals surface area (Å²) < 4.78 is 27.3. The predicted octanol–water partition coefficient (Wildman–Crippen LogP) is 3.44. The number of hydrogen-bond acceptors (Lipinski definition) is 4. The van der Waals surface area contributed by atoms with Crippen molar-refractivity contribution in [1.82, 2.24) is 9.55 Å². The fourth-order valence-corrected chi connectivity index (χ4v) is 4.80. The van der Waals surface area contributed by atoms with Gasteiger partial charge in [0.1, 0.15) is 0 Å². The zero-order valence-electron chi connectivity index (χ0n) is 16.0. The normalized spacial score (nSPS) is 15.1. The first-order chi connectivity index (χ1) is 13.3. The largest absolute Gasteiger partial charge is 0.312 e. The molecular formula is C21H21N3O3S. The number of sulfonamides is 1. The summed E-state index contributed by atoms with van der Waals surface area (Å²) in [7, 11) is -1.77. The molecule has 28 heavy (non-hydrogen) atoms. The molecule has 1 aliphatic heterocycles. The molecule has 144 valence electrons. The Hall–Kier alpha value is -2.93. The van der Waals surface area contributed by atoms with Gasteiger partial charge in [-0.05, 0) is 49.2 Å². The Morgan fingerprint density at radius 3 is 2.54 bits per heavy atom. The van der Waals surface area contributed by atoms with Gasteiger partial charge in [0.2, 0.25) is 10.0 Å². The van der Waals surface area contributed by atoms with Crippen molar-refractivity contribution in [2.24, 2.45) is 0 Å². The summed E-state index contributed by atoms with van der Waals surface area (Å²) in [6.07, 6.45) is 5.32. The first-order valence-electron chi connectivity index (χ1n) is 9.04. The van der Waals surface area contributed by atoms with Gasteiger partial charge in [0, 0.05) is 48.4 Å². The molecule has 2 aromatic heterocycles. The van der Waals surface area contributed by atoms with E-state index in [0.29, 0.717) is 16.8 Å². The Bertz CT molecular complexity index is 1220. The molecule has 3 heterocycles. The topological polar surface area (TPSA) is 72.3 Å². The fraction of sp³-hybridized carbons (Fsp3) is 0.238. The van der Waals surface area contributed by atoms with Crippen molar-refractivity contribution in [2.75, 3.05) is 11.4 Å². The van der Waals surface area contributed by atoms with E-state index >= 15 is 0 Å². The lowest BCUT2D eigenvalue weighted by Gasteiger charge is -2.16. The second kappa shape index (κ2) is 6.60. The minimum absolute atomic E-state index is 0.0104. The number of hydrogen-bond donors (Lipinski definition) is 0. The maximum absolute atomic E-state index is 13.1. The fourth-order valence-electron chi connectivity index (χ4n) is 3.50. The highest BCUT2D eigenvalue weighted by atomic mass is 32.2. The molecule has 0 N–H and O–H groups in total. The predicted molar refractivity (Wildman–Crippen MR) is 111 cm³/mol. The van der Waals surface area contributed by atoms with Crippen LogP contribution in [0.4, 0.5) is 5.69 Å². The van der Waals surface area contributed by atoms with Crippen LogP contribution in [0.3, 0.4) is 0 Å². The molecule has 4 rings (SSSR count). The van der Waals surface area contributed by atoms with Crippen LogP contribution in [0.25, 0.3) is 22.3 Å². The maximum atomic E-state index is 13.1. The van der Waals surface area contributed by atoms with Gasteiger partial charge in [-0.2, -0.15) is 0 Å². The van der Waals surface area contributed by atoms with Gasteiger partial charge in [-0.3, -0.25) is 14.1 Å². The lowest BCUT2D eigenvalue weighted by atomic mass is 10.00. The van der Waals surface area contributed by atoms with E-state index in [-0.39, 0.29) is 17.4 Å². The number of pyridine rings is 2. The van der Waals surface area contributed by atoms with Crippen molar-refractivity contribution in [1.29, 1.82) is 0 Å². The SMILES string of the molecule is CC(C)n1cc(-c2cccnc2)cc(-c2ccc3c(c2)CS(=O)(=O)N3C)c1=O. The molecule has 0 fully saturated rings. The molecule has 0 bridgehead atoms. The minimum Gasteiger partial charge on any atom is -0.312 e. The molecule has 7 heteroatoms. The lowest BCUT2D eigenvalue weighted by molar-refractivity contribution is 0.580. The first-order valence-corrected chi connectivity index (χ1v) is 10.7. The average Bonchev–Trinajstić information content (AvgIpc) is 2.90. The molecule has 1 aromatic carbocycles. The van der Waals surface area contributed by atoms with Crippen LogP contribution in [0.5, 0.6) is 0 Å². The highest BCUT2D eigenvalue weighted by Gasteiger charge is 2.30. The van der Waals surface area contributed by atoms with Crippen LogP contribution in [0.15, 0.2) is 59.8 Å². The van der Waals surface area contributed by atoms with Crippen molar-refractivity contribution in [3.63, 3.8) is 0 Å². The summed E-state index contributed by atoms with van der Waals surface area (Å²) in [6, 6.07) is 11.0. The zero-order valence-corrected chi connectivity index (χ0v) is 16.8. The summed E-state index contributed by atoms with van der Waals surface area (Å²) in [6.45, 7) is 3.92. The van der Waals surface area contributed by atoms with E-state index in [9.17, 15) is 13.2 Å². The maximum Gasteiger partial charge on any atom is 0.258 e. The average molecular weight is 395 g/mol. The van der Waals surface area contributed by atoms with E-state index in [1.807, 2.05) is 50.4 Å². The van der Waals surface area contributed by atoms with Crippen LogP contribution in [0.2, 0.25) is 0 Å². The molecular weight excluding hydrogens is 374 g/mol. The van der Waals surface area contributed by atoms with Gasteiger partial charge in [-0.15, -0.1) is 0 Å². The van der Waals surface area contributed by atoms with E-state index in [2.05, 4.69) is 4.98 Å². The molecule has 0 radical (unpaired) electrons. The molecule has 0 saturated carbocycles. The quantitative estimate of drug-likeness (QED) is 0.681.